The molecule has 0 spiro atoms. The van der Waals surface area contributed by atoms with Gasteiger partial charge in [-0.05, 0) is 41.8 Å². The number of anilines is 1. The lowest BCUT2D eigenvalue weighted by atomic mass is 10.0. The van der Waals surface area contributed by atoms with Gasteiger partial charge in [0.2, 0.25) is 0 Å². The van der Waals surface area contributed by atoms with Gasteiger partial charge in [0, 0.05) is 21.4 Å². The van der Waals surface area contributed by atoms with E-state index in [2.05, 4.69) is 12.2 Å². The number of esters is 1. The Morgan fingerprint density at radius 1 is 1.13 bits per heavy atom. The molecule has 0 aliphatic rings. The molecule has 7 heteroatoms. The van der Waals surface area contributed by atoms with Crippen molar-refractivity contribution in [2.45, 2.75) is 13.3 Å². The lowest BCUT2D eigenvalue weighted by molar-refractivity contribution is 0.0603. The number of methoxy groups -OCH3 is 1. The highest BCUT2D eigenvalue weighted by atomic mass is 35.5. The minimum atomic E-state index is -0.516. The first kappa shape index (κ1) is 20.2. The van der Waals surface area contributed by atoms with E-state index in [1.807, 2.05) is 29.6 Å². The average molecular weight is 440 g/mol. The van der Waals surface area contributed by atoms with Crippen LogP contribution in [0.3, 0.4) is 0 Å². The molecule has 2 aromatic heterocycles. The van der Waals surface area contributed by atoms with Crippen molar-refractivity contribution in [1.29, 1.82) is 0 Å². The molecule has 0 aliphatic heterocycles. The van der Waals surface area contributed by atoms with Crippen LogP contribution in [0.2, 0.25) is 5.02 Å². The molecule has 0 atom stereocenters. The molecule has 0 radical (unpaired) electrons. The predicted octanol–water partition coefficient (Wildman–Crippen LogP) is 6.42. The second-order valence-corrected chi connectivity index (χ2v) is 7.96. The lowest BCUT2D eigenvalue weighted by Gasteiger charge is -2.07. The maximum Gasteiger partial charge on any atom is 0.341 e. The van der Waals surface area contributed by atoms with E-state index in [4.69, 9.17) is 20.8 Å². The Balaban J connectivity index is 1.68. The molecule has 5 nitrogen and oxygen atoms in total. The predicted molar refractivity (Wildman–Crippen MR) is 120 cm³/mol. The maximum atomic E-state index is 12.8. The number of furan rings is 1. The van der Waals surface area contributed by atoms with Gasteiger partial charge >= 0.3 is 5.97 Å². The van der Waals surface area contributed by atoms with E-state index in [9.17, 15) is 9.59 Å². The summed E-state index contributed by atoms with van der Waals surface area (Å²) in [6.45, 7) is 2.08. The molecule has 152 valence electrons. The highest BCUT2D eigenvalue weighted by Crippen LogP contribution is 2.37. The number of benzene rings is 2. The summed E-state index contributed by atoms with van der Waals surface area (Å²) in [4.78, 5) is 25.3. The molecule has 0 bridgehead atoms. The van der Waals surface area contributed by atoms with Gasteiger partial charge in [0.1, 0.15) is 16.1 Å². The summed E-state index contributed by atoms with van der Waals surface area (Å²) in [5, 5.41) is 6.30. The number of aryl methyl sites for hydroxylation is 1. The van der Waals surface area contributed by atoms with Gasteiger partial charge in [0.05, 0.1) is 7.11 Å². The maximum absolute atomic E-state index is 12.8. The van der Waals surface area contributed by atoms with Crippen LogP contribution in [-0.2, 0) is 11.2 Å². The van der Waals surface area contributed by atoms with Gasteiger partial charge in [-0.3, -0.25) is 4.79 Å². The smallest absolute Gasteiger partial charge is 0.341 e. The third-order valence-corrected chi connectivity index (χ3v) is 5.91. The summed E-state index contributed by atoms with van der Waals surface area (Å²) in [6.07, 6.45) is 0.928. The molecular formula is C23H18ClNO4S. The van der Waals surface area contributed by atoms with Crippen molar-refractivity contribution in [2.24, 2.45) is 0 Å². The first-order valence-corrected chi connectivity index (χ1v) is 10.6. The second-order valence-electron chi connectivity index (χ2n) is 6.64. The van der Waals surface area contributed by atoms with Crippen molar-refractivity contribution >= 4 is 50.8 Å². The fourth-order valence-corrected chi connectivity index (χ4v) is 4.31. The van der Waals surface area contributed by atoms with E-state index in [0.29, 0.717) is 26.7 Å². The highest BCUT2D eigenvalue weighted by Gasteiger charge is 2.23. The third-order valence-electron chi connectivity index (χ3n) is 4.78. The molecule has 30 heavy (non-hydrogen) atoms. The molecule has 1 amide bonds. The zero-order valence-corrected chi connectivity index (χ0v) is 17.9. The van der Waals surface area contributed by atoms with Crippen LogP contribution >= 0.6 is 22.9 Å². The third kappa shape index (κ3) is 3.84. The lowest BCUT2D eigenvalue weighted by Crippen LogP contribution is -2.13. The molecule has 0 unspecified atom stereocenters. The summed E-state index contributed by atoms with van der Waals surface area (Å²) in [5.41, 5.74) is 3.66. The zero-order valence-electron chi connectivity index (χ0n) is 16.3. The van der Waals surface area contributed by atoms with Crippen LogP contribution in [0.5, 0.6) is 0 Å². The van der Waals surface area contributed by atoms with E-state index in [-0.39, 0.29) is 5.76 Å². The Kier molecular flexibility index (Phi) is 5.61. The van der Waals surface area contributed by atoms with Gasteiger partial charge in [0.15, 0.2) is 5.76 Å². The fraction of sp³-hybridized carbons (Fsp3) is 0.130. The van der Waals surface area contributed by atoms with Crippen LogP contribution in [0, 0.1) is 0 Å². The van der Waals surface area contributed by atoms with Crippen LogP contribution in [0.4, 0.5) is 5.00 Å². The largest absolute Gasteiger partial charge is 0.465 e. The van der Waals surface area contributed by atoms with Gasteiger partial charge in [-0.2, -0.15) is 0 Å². The number of amides is 1. The van der Waals surface area contributed by atoms with E-state index in [0.717, 1.165) is 17.4 Å². The number of thiophene rings is 1. The van der Waals surface area contributed by atoms with E-state index in [1.165, 1.54) is 24.0 Å². The molecular weight excluding hydrogens is 422 g/mol. The quantitative estimate of drug-likeness (QED) is 0.364. The molecule has 0 aliphatic carbocycles. The molecule has 1 N–H and O–H groups in total. The molecule has 0 fully saturated rings. The van der Waals surface area contributed by atoms with Gasteiger partial charge in [-0.25, -0.2) is 4.79 Å². The molecule has 4 aromatic rings. The van der Waals surface area contributed by atoms with Crippen LogP contribution < -0.4 is 5.32 Å². The standard InChI is InChI=1S/C23H18ClNO4S/c1-3-13-4-6-14(7-5-13)17-12-30-22(20(17)23(27)28-2)25-21(26)19-11-15-10-16(24)8-9-18(15)29-19/h4-12H,3H2,1-2H3,(H,25,26). The second kappa shape index (κ2) is 8.34. The molecule has 0 saturated carbocycles. The van der Waals surface area contributed by atoms with Crippen molar-refractivity contribution in [1.82, 2.24) is 0 Å². The van der Waals surface area contributed by atoms with Crippen molar-refractivity contribution in [3.63, 3.8) is 0 Å². The first-order chi connectivity index (χ1) is 14.5. The normalized spacial score (nSPS) is 10.9. The van der Waals surface area contributed by atoms with Gasteiger partial charge < -0.3 is 14.5 Å². The van der Waals surface area contributed by atoms with Crippen LogP contribution in [-0.4, -0.2) is 19.0 Å². The Bertz CT molecular complexity index is 1240. The van der Waals surface area contributed by atoms with Gasteiger partial charge in [-0.15, -0.1) is 11.3 Å². The SMILES string of the molecule is CCc1ccc(-c2csc(NC(=O)c3cc4cc(Cl)ccc4o3)c2C(=O)OC)cc1. The Morgan fingerprint density at radius 2 is 1.90 bits per heavy atom. The summed E-state index contributed by atoms with van der Waals surface area (Å²) in [6, 6.07) is 14.7. The van der Waals surface area contributed by atoms with E-state index in [1.54, 1.807) is 24.3 Å². The first-order valence-electron chi connectivity index (χ1n) is 9.29. The highest BCUT2D eigenvalue weighted by molar-refractivity contribution is 7.15. The topological polar surface area (TPSA) is 68.5 Å². The number of carbonyl (C=O) groups is 2. The number of halogens is 1. The minimum Gasteiger partial charge on any atom is -0.465 e. The van der Waals surface area contributed by atoms with Crippen LogP contribution in [0.15, 0.2) is 58.3 Å². The van der Waals surface area contributed by atoms with Crippen molar-refractivity contribution in [3.8, 4) is 11.1 Å². The Morgan fingerprint density at radius 3 is 2.60 bits per heavy atom. The number of fused-ring (bicyclic) bond motifs is 1. The van der Waals surface area contributed by atoms with Crippen molar-refractivity contribution in [2.75, 3.05) is 12.4 Å². The average Bonchev–Trinajstić information content (AvgIpc) is 3.37. The summed E-state index contributed by atoms with van der Waals surface area (Å²) < 4.78 is 10.6. The summed E-state index contributed by atoms with van der Waals surface area (Å²) in [7, 11) is 1.32. The molecule has 4 rings (SSSR count). The number of nitrogens with one attached hydrogen (secondary N) is 1. The van der Waals surface area contributed by atoms with Gasteiger partial charge in [0.25, 0.3) is 5.91 Å². The number of rotatable bonds is 5. The Labute approximate surface area is 182 Å². The van der Waals surface area contributed by atoms with Crippen LogP contribution in [0.1, 0.15) is 33.4 Å². The zero-order chi connectivity index (χ0) is 21.3. The summed E-state index contributed by atoms with van der Waals surface area (Å²) >= 11 is 7.26. The molecule has 2 aromatic carbocycles. The molecule has 2 heterocycles. The number of ether oxygens (including phenoxy) is 1. The Hall–Kier alpha value is -3.09. The molecule has 0 saturated heterocycles. The minimum absolute atomic E-state index is 0.130. The van der Waals surface area contributed by atoms with E-state index >= 15 is 0 Å². The number of carbonyl (C=O) groups excluding carboxylic acids is 2. The summed E-state index contributed by atoms with van der Waals surface area (Å²) in [5.74, 6) is -0.843. The van der Waals surface area contributed by atoms with E-state index < -0.39 is 11.9 Å². The van der Waals surface area contributed by atoms with Crippen molar-refractivity contribution in [3.05, 3.63) is 75.8 Å². The van der Waals surface area contributed by atoms with Crippen molar-refractivity contribution < 1.29 is 18.7 Å². The fourth-order valence-electron chi connectivity index (χ4n) is 3.18. The monoisotopic (exact) mass is 439 g/mol. The van der Waals surface area contributed by atoms with Gasteiger partial charge in [-0.1, -0.05) is 42.8 Å². The number of hydrogen-bond donors (Lipinski definition) is 1. The van der Waals surface area contributed by atoms with Crippen LogP contribution in [0.25, 0.3) is 22.1 Å². The number of hydrogen-bond acceptors (Lipinski definition) is 5.